The first-order valence-electron chi connectivity index (χ1n) is 4.69. The molecule has 0 amide bonds. The molecule has 1 unspecified atom stereocenters. The van der Waals surface area contributed by atoms with Gasteiger partial charge in [0.05, 0.1) is 0 Å². The fraction of sp³-hybridized carbons (Fsp3) is 0.364. The highest BCUT2D eigenvalue weighted by Crippen LogP contribution is 2.27. The first-order valence-corrected chi connectivity index (χ1v) is 5.91. The number of carboxylic acids is 1. The molecule has 0 bridgehead atoms. The first kappa shape index (κ1) is 12.9. The van der Waals surface area contributed by atoms with Crippen molar-refractivity contribution in [1.29, 1.82) is 0 Å². The van der Waals surface area contributed by atoms with Gasteiger partial charge in [0, 0.05) is 4.90 Å². The van der Waals surface area contributed by atoms with Gasteiger partial charge in [-0.15, -0.1) is 11.8 Å². The highest BCUT2D eigenvalue weighted by molar-refractivity contribution is 7.98. The van der Waals surface area contributed by atoms with E-state index in [0.29, 0.717) is 5.75 Å². The maximum Gasteiger partial charge on any atom is 0.339 e. The van der Waals surface area contributed by atoms with Crippen LogP contribution < -0.4 is 4.74 Å². The van der Waals surface area contributed by atoms with Crippen LogP contribution >= 0.6 is 11.8 Å². The molecule has 1 atom stereocenters. The topological polar surface area (TPSA) is 66.8 Å². The Labute approximate surface area is 98.2 Å². The number of carboxylic acid groups (broad SMARTS) is 1. The predicted octanol–water partition coefficient (Wildman–Crippen LogP) is 1.62. The molecule has 0 fully saturated rings. The molecule has 0 radical (unpaired) electrons. The standard InChI is InChI=1S/C11H14O4S/c1-11(14,10(12)13)7-15-8-5-3-4-6-9(8)16-2/h3-6,14H,7H2,1-2H3,(H,12,13). The summed E-state index contributed by atoms with van der Waals surface area (Å²) in [5.41, 5.74) is -1.87. The minimum absolute atomic E-state index is 0.278. The van der Waals surface area contributed by atoms with Gasteiger partial charge in [0.15, 0.2) is 5.60 Å². The Morgan fingerprint density at radius 1 is 1.50 bits per heavy atom. The summed E-state index contributed by atoms with van der Waals surface area (Å²) in [5.74, 6) is -0.717. The Morgan fingerprint density at radius 2 is 2.12 bits per heavy atom. The second-order valence-corrected chi connectivity index (χ2v) is 4.37. The molecule has 0 aliphatic carbocycles. The van der Waals surface area contributed by atoms with Crippen molar-refractivity contribution in [3.8, 4) is 5.75 Å². The summed E-state index contributed by atoms with van der Waals surface area (Å²) in [4.78, 5) is 11.6. The molecule has 88 valence electrons. The molecule has 5 heteroatoms. The van der Waals surface area contributed by atoms with E-state index in [1.54, 1.807) is 12.1 Å². The van der Waals surface area contributed by atoms with Crippen molar-refractivity contribution in [2.24, 2.45) is 0 Å². The molecule has 4 nitrogen and oxygen atoms in total. The van der Waals surface area contributed by atoms with Gasteiger partial charge >= 0.3 is 5.97 Å². The number of ether oxygens (including phenoxy) is 1. The van der Waals surface area contributed by atoms with Crippen molar-refractivity contribution < 1.29 is 19.7 Å². The molecule has 1 aromatic carbocycles. The summed E-state index contributed by atoms with van der Waals surface area (Å²) in [7, 11) is 0. The molecule has 1 rings (SSSR count). The summed E-state index contributed by atoms with van der Waals surface area (Å²) in [6.45, 7) is 0.928. The molecule has 0 heterocycles. The monoisotopic (exact) mass is 242 g/mol. The normalized spacial score (nSPS) is 14.2. The van der Waals surface area contributed by atoms with Gasteiger partial charge in [-0.2, -0.15) is 0 Å². The van der Waals surface area contributed by atoms with Gasteiger partial charge in [-0.05, 0) is 25.3 Å². The van der Waals surface area contributed by atoms with E-state index < -0.39 is 11.6 Å². The zero-order valence-corrected chi connectivity index (χ0v) is 9.95. The number of thioether (sulfide) groups is 1. The smallest absolute Gasteiger partial charge is 0.339 e. The summed E-state index contributed by atoms with van der Waals surface area (Å²) < 4.78 is 5.30. The van der Waals surface area contributed by atoms with E-state index in [1.165, 1.54) is 18.7 Å². The van der Waals surface area contributed by atoms with E-state index in [1.807, 2.05) is 18.4 Å². The minimum atomic E-state index is -1.87. The molecule has 2 N–H and O–H groups in total. The lowest BCUT2D eigenvalue weighted by molar-refractivity contribution is -0.159. The number of hydrogen-bond donors (Lipinski definition) is 2. The van der Waals surface area contributed by atoms with Gasteiger partial charge in [0.2, 0.25) is 0 Å². The molecule has 0 saturated carbocycles. The Balaban J connectivity index is 2.71. The second kappa shape index (κ2) is 5.23. The zero-order valence-electron chi connectivity index (χ0n) is 9.14. The molecule has 0 aliphatic heterocycles. The second-order valence-electron chi connectivity index (χ2n) is 3.52. The lowest BCUT2D eigenvalue weighted by atomic mass is 10.1. The van der Waals surface area contributed by atoms with E-state index in [4.69, 9.17) is 9.84 Å². The van der Waals surface area contributed by atoms with Crippen molar-refractivity contribution in [2.75, 3.05) is 12.9 Å². The molecule has 1 aromatic rings. The Hall–Kier alpha value is -1.20. The van der Waals surface area contributed by atoms with Crippen LogP contribution in [0.1, 0.15) is 6.92 Å². The summed E-state index contributed by atoms with van der Waals surface area (Å²) in [5, 5.41) is 18.2. The van der Waals surface area contributed by atoms with Crippen LogP contribution in [0.4, 0.5) is 0 Å². The Bertz CT molecular complexity index is 376. The van der Waals surface area contributed by atoms with Crippen LogP contribution in [0.2, 0.25) is 0 Å². The van der Waals surface area contributed by atoms with Gasteiger partial charge in [-0.25, -0.2) is 4.79 Å². The van der Waals surface area contributed by atoms with Gasteiger partial charge in [-0.3, -0.25) is 0 Å². The van der Waals surface area contributed by atoms with Crippen LogP contribution in [0.15, 0.2) is 29.2 Å². The number of para-hydroxylation sites is 1. The number of rotatable bonds is 5. The fourth-order valence-electron chi connectivity index (χ4n) is 1.02. The van der Waals surface area contributed by atoms with Gasteiger partial charge in [0.1, 0.15) is 12.4 Å². The van der Waals surface area contributed by atoms with Gasteiger partial charge in [-0.1, -0.05) is 12.1 Å². The average Bonchev–Trinajstić information content (AvgIpc) is 2.26. The molecule has 0 aliphatic rings. The van der Waals surface area contributed by atoms with Crippen molar-refractivity contribution in [3.05, 3.63) is 24.3 Å². The van der Waals surface area contributed by atoms with Crippen LogP contribution in [0, 0.1) is 0 Å². The van der Waals surface area contributed by atoms with Crippen molar-refractivity contribution in [3.63, 3.8) is 0 Å². The molecule has 0 spiro atoms. The lowest BCUT2D eigenvalue weighted by Crippen LogP contribution is -2.41. The highest BCUT2D eigenvalue weighted by atomic mass is 32.2. The molecule has 0 aromatic heterocycles. The van der Waals surface area contributed by atoms with Gasteiger partial charge in [0.25, 0.3) is 0 Å². The first-order chi connectivity index (χ1) is 7.47. The van der Waals surface area contributed by atoms with E-state index in [0.717, 1.165) is 4.90 Å². The third kappa shape index (κ3) is 3.15. The molecule has 16 heavy (non-hydrogen) atoms. The third-order valence-corrected chi connectivity index (χ3v) is 2.82. The summed E-state index contributed by atoms with van der Waals surface area (Å²) in [6, 6.07) is 7.28. The zero-order chi connectivity index (χ0) is 12.2. The van der Waals surface area contributed by atoms with Crippen LogP contribution in [-0.2, 0) is 4.79 Å². The maximum atomic E-state index is 10.7. The molecule has 0 saturated heterocycles. The van der Waals surface area contributed by atoms with E-state index in [-0.39, 0.29) is 6.61 Å². The lowest BCUT2D eigenvalue weighted by Gasteiger charge is -2.19. The number of aliphatic carboxylic acids is 1. The van der Waals surface area contributed by atoms with E-state index >= 15 is 0 Å². The van der Waals surface area contributed by atoms with Crippen LogP contribution in [0.5, 0.6) is 5.75 Å². The van der Waals surface area contributed by atoms with Crippen molar-refractivity contribution >= 4 is 17.7 Å². The number of hydrogen-bond acceptors (Lipinski definition) is 4. The third-order valence-electron chi connectivity index (χ3n) is 2.04. The number of benzene rings is 1. The van der Waals surface area contributed by atoms with Crippen LogP contribution in [-0.4, -0.2) is 34.6 Å². The van der Waals surface area contributed by atoms with Crippen molar-refractivity contribution in [2.45, 2.75) is 17.4 Å². The van der Waals surface area contributed by atoms with E-state index in [2.05, 4.69) is 0 Å². The highest BCUT2D eigenvalue weighted by Gasteiger charge is 2.31. The minimum Gasteiger partial charge on any atom is -0.489 e. The Kier molecular flexibility index (Phi) is 4.20. The summed E-state index contributed by atoms with van der Waals surface area (Å²) in [6.07, 6.45) is 1.90. The number of aliphatic hydroxyl groups is 1. The Morgan fingerprint density at radius 3 is 2.69 bits per heavy atom. The maximum absolute atomic E-state index is 10.7. The average molecular weight is 242 g/mol. The quantitative estimate of drug-likeness (QED) is 0.768. The number of carbonyl (C=O) groups is 1. The van der Waals surface area contributed by atoms with E-state index in [9.17, 15) is 9.90 Å². The van der Waals surface area contributed by atoms with Gasteiger partial charge < -0.3 is 14.9 Å². The predicted molar refractivity (Wildman–Crippen MR) is 62.0 cm³/mol. The van der Waals surface area contributed by atoms with Crippen LogP contribution in [0.25, 0.3) is 0 Å². The molecular weight excluding hydrogens is 228 g/mol. The van der Waals surface area contributed by atoms with Crippen LogP contribution in [0.3, 0.4) is 0 Å². The fourth-order valence-corrected chi connectivity index (χ4v) is 1.56. The summed E-state index contributed by atoms with van der Waals surface area (Å²) >= 11 is 1.50. The largest absolute Gasteiger partial charge is 0.489 e. The van der Waals surface area contributed by atoms with Crippen molar-refractivity contribution in [1.82, 2.24) is 0 Å². The SMILES string of the molecule is CSc1ccccc1OCC(C)(O)C(=O)O. The molecular formula is C11H14O4S.